The highest BCUT2D eigenvalue weighted by atomic mass is 28.3. The van der Waals surface area contributed by atoms with Crippen LogP contribution in [0.25, 0.3) is 0 Å². The largest absolute Gasteiger partial charge is 0.420 e. The summed E-state index contributed by atoms with van der Waals surface area (Å²) in [6, 6.07) is 2.69. The highest BCUT2D eigenvalue weighted by Crippen LogP contribution is 2.30. The first-order chi connectivity index (χ1) is 9.36. The Morgan fingerprint density at radius 1 is 1.15 bits per heavy atom. The van der Waals surface area contributed by atoms with Crippen molar-refractivity contribution in [3.05, 3.63) is 0 Å². The second kappa shape index (κ2) is 6.90. The van der Waals surface area contributed by atoms with E-state index in [-0.39, 0.29) is 11.1 Å². The molecule has 20 heavy (non-hydrogen) atoms. The summed E-state index contributed by atoms with van der Waals surface area (Å²) in [5.41, 5.74) is 0.376. The number of nitrogens with one attached hydrogen (secondary N) is 1. The van der Waals surface area contributed by atoms with Crippen LogP contribution < -0.4 is 5.32 Å². The van der Waals surface area contributed by atoms with Gasteiger partial charge in [0.05, 0.1) is 6.10 Å². The molecule has 0 aromatic carbocycles. The molecule has 2 saturated heterocycles. The van der Waals surface area contributed by atoms with Gasteiger partial charge in [0.15, 0.2) is 9.04 Å². The van der Waals surface area contributed by atoms with E-state index in [1.807, 2.05) is 0 Å². The van der Waals surface area contributed by atoms with Gasteiger partial charge >= 0.3 is 0 Å². The zero-order chi connectivity index (χ0) is 14.6. The molecule has 0 aliphatic carbocycles. The van der Waals surface area contributed by atoms with E-state index in [1.165, 1.54) is 31.4 Å². The molecule has 2 heterocycles. The molecule has 1 N–H and O–H groups in total. The Labute approximate surface area is 126 Å². The molecule has 0 radical (unpaired) electrons. The number of ether oxygens (including phenoxy) is 1. The lowest BCUT2D eigenvalue weighted by molar-refractivity contribution is -0.0215. The van der Waals surface area contributed by atoms with Gasteiger partial charge in [-0.25, -0.2) is 0 Å². The molecule has 118 valence electrons. The Bertz CT molecular complexity index is 285. The second-order valence-electron chi connectivity index (χ2n) is 7.92. The van der Waals surface area contributed by atoms with Crippen molar-refractivity contribution in [3.63, 3.8) is 0 Å². The predicted molar refractivity (Wildman–Crippen MR) is 86.8 cm³/mol. The predicted octanol–water partition coefficient (Wildman–Crippen LogP) is 3.24. The SMILES string of the molecule is CC1(C)CC(OCCC[SiH]2CCCCO2)CC(C)(C)N1. The van der Waals surface area contributed by atoms with Crippen LogP contribution in [0.1, 0.15) is 59.8 Å². The van der Waals surface area contributed by atoms with Crippen LogP contribution in [0.2, 0.25) is 12.1 Å². The molecule has 0 amide bonds. The zero-order valence-corrected chi connectivity index (χ0v) is 15.0. The molecule has 4 heteroatoms. The standard InChI is InChI=1S/C16H33NO2Si/c1-15(2)12-14(13-16(3,4)17-15)18-8-7-11-20-10-6-5-9-19-20/h14,17,20H,5-13H2,1-4H3. The van der Waals surface area contributed by atoms with Crippen molar-refractivity contribution in [2.75, 3.05) is 13.2 Å². The van der Waals surface area contributed by atoms with Gasteiger partial charge in [0.1, 0.15) is 0 Å². The molecule has 0 aromatic rings. The molecular formula is C16H33NO2Si. The monoisotopic (exact) mass is 299 g/mol. The average molecular weight is 300 g/mol. The van der Waals surface area contributed by atoms with Crippen molar-refractivity contribution in [1.29, 1.82) is 0 Å². The average Bonchev–Trinajstić information content (AvgIpc) is 2.32. The van der Waals surface area contributed by atoms with E-state index in [4.69, 9.17) is 9.16 Å². The van der Waals surface area contributed by atoms with E-state index in [0.29, 0.717) is 6.10 Å². The quantitative estimate of drug-likeness (QED) is 0.624. The molecule has 1 unspecified atom stereocenters. The van der Waals surface area contributed by atoms with Crippen LogP contribution in [-0.2, 0) is 9.16 Å². The second-order valence-corrected chi connectivity index (χ2v) is 10.7. The van der Waals surface area contributed by atoms with Crippen molar-refractivity contribution in [1.82, 2.24) is 5.32 Å². The molecule has 0 aromatic heterocycles. The van der Waals surface area contributed by atoms with Gasteiger partial charge in [-0.15, -0.1) is 0 Å². The van der Waals surface area contributed by atoms with Crippen molar-refractivity contribution >= 4 is 9.04 Å². The van der Waals surface area contributed by atoms with Crippen molar-refractivity contribution in [2.45, 2.75) is 89.1 Å². The fraction of sp³-hybridized carbons (Fsp3) is 1.00. The Morgan fingerprint density at radius 2 is 1.85 bits per heavy atom. The van der Waals surface area contributed by atoms with Gasteiger partial charge in [-0.3, -0.25) is 0 Å². The van der Waals surface area contributed by atoms with Gasteiger partial charge in [-0.05, 0) is 65.5 Å². The first-order valence-corrected chi connectivity index (χ1v) is 10.5. The van der Waals surface area contributed by atoms with Gasteiger partial charge in [0, 0.05) is 24.3 Å². The summed E-state index contributed by atoms with van der Waals surface area (Å²) in [6.45, 7) is 11.1. The maximum Gasteiger partial charge on any atom is 0.177 e. The van der Waals surface area contributed by atoms with Gasteiger partial charge in [0.2, 0.25) is 0 Å². The van der Waals surface area contributed by atoms with Crippen LogP contribution in [0.15, 0.2) is 0 Å². The number of rotatable bonds is 5. The molecular weight excluding hydrogens is 266 g/mol. The Morgan fingerprint density at radius 3 is 2.45 bits per heavy atom. The van der Waals surface area contributed by atoms with Crippen molar-refractivity contribution < 1.29 is 9.16 Å². The highest BCUT2D eigenvalue weighted by molar-refractivity contribution is 6.51. The number of piperidine rings is 1. The summed E-state index contributed by atoms with van der Waals surface area (Å²) >= 11 is 0. The molecule has 2 rings (SSSR count). The van der Waals surface area contributed by atoms with Crippen molar-refractivity contribution in [3.8, 4) is 0 Å². The molecule has 2 aliphatic rings. The Balaban J connectivity index is 1.65. The van der Waals surface area contributed by atoms with E-state index in [2.05, 4.69) is 33.0 Å². The summed E-state index contributed by atoms with van der Waals surface area (Å²) in [5, 5.41) is 3.71. The van der Waals surface area contributed by atoms with Crippen LogP contribution in [0.5, 0.6) is 0 Å². The van der Waals surface area contributed by atoms with Gasteiger partial charge < -0.3 is 14.5 Å². The van der Waals surface area contributed by atoms with Crippen LogP contribution >= 0.6 is 0 Å². The van der Waals surface area contributed by atoms with Crippen LogP contribution in [-0.4, -0.2) is 39.4 Å². The lowest BCUT2D eigenvalue weighted by Gasteiger charge is -2.46. The van der Waals surface area contributed by atoms with Gasteiger partial charge in [-0.1, -0.05) is 6.42 Å². The lowest BCUT2D eigenvalue weighted by Crippen LogP contribution is -2.59. The Hall–Kier alpha value is 0.0969. The molecule has 2 aliphatic heterocycles. The minimum atomic E-state index is -0.845. The summed E-state index contributed by atoms with van der Waals surface area (Å²) in [5.74, 6) is 0. The number of hydrogen-bond acceptors (Lipinski definition) is 3. The lowest BCUT2D eigenvalue weighted by atomic mass is 9.81. The summed E-state index contributed by atoms with van der Waals surface area (Å²) in [4.78, 5) is 0. The molecule has 0 bridgehead atoms. The van der Waals surface area contributed by atoms with Crippen molar-refractivity contribution in [2.24, 2.45) is 0 Å². The fourth-order valence-electron chi connectivity index (χ4n) is 3.94. The fourth-order valence-corrected chi connectivity index (χ4v) is 6.43. The molecule has 3 nitrogen and oxygen atoms in total. The van der Waals surface area contributed by atoms with Gasteiger partial charge in [0.25, 0.3) is 0 Å². The number of hydrogen-bond donors (Lipinski definition) is 1. The van der Waals surface area contributed by atoms with E-state index >= 15 is 0 Å². The van der Waals surface area contributed by atoms with Crippen LogP contribution in [0, 0.1) is 0 Å². The summed E-state index contributed by atoms with van der Waals surface area (Å²) < 4.78 is 12.1. The maximum atomic E-state index is 6.17. The topological polar surface area (TPSA) is 30.5 Å². The van der Waals surface area contributed by atoms with E-state index in [9.17, 15) is 0 Å². The first kappa shape index (κ1) is 16.5. The summed E-state index contributed by atoms with van der Waals surface area (Å²) in [7, 11) is -0.845. The third kappa shape index (κ3) is 5.47. The van der Waals surface area contributed by atoms with Crippen LogP contribution in [0.3, 0.4) is 0 Å². The Kier molecular flexibility index (Phi) is 5.68. The maximum absolute atomic E-state index is 6.17. The zero-order valence-electron chi connectivity index (χ0n) is 13.8. The van der Waals surface area contributed by atoms with E-state index < -0.39 is 9.04 Å². The molecule has 0 saturated carbocycles. The third-order valence-corrected chi connectivity index (χ3v) is 7.26. The third-order valence-electron chi connectivity index (χ3n) is 4.45. The van der Waals surface area contributed by atoms with Crippen LogP contribution in [0.4, 0.5) is 0 Å². The van der Waals surface area contributed by atoms with E-state index in [0.717, 1.165) is 26.1 Å². The molecule has 2 fully saturated rings. The highest BCUT2D eigenvalue weighted by Gasteiger charge is 2.37. The normalized spacial score (nSPS) is 30.3. The molecule has 1 atom stereocenters. The first-order valence-electron chi connectivity index (χ1n) is 8.39. The molecule has 0 spiro atoms. The minimum Gasteiger partial charge on any atom is -0.420 e. The smallest absolute Gasteiger partial charge is 0.177 e. The van der Waals surface area contributed by atoms with Gasteiger partial charge in [-0.2, -0.15) is 0 Å². The summed E-state index contributed by atoms with van der Waals surface area (Å²) in [6.07, 6.45) is 6.52. The van der Waals surface area contributed by atoms with E-state index in [1.54, 1.807) is 0 Å². The minimum absolute atomic E-state index is 0.188.